The van der Waals surface area contributed by atoms with Gasteiger partial charge in [-0.25, -0.2) is 5.01 Å². The molecule has 0 N–H and O–H groups in total. The van der Waals surface area contributed by atoms with Crippen molar-refractivity contribution in [3.63, 3.8) is 0 Å². The van der Waals surface area contributed by atoms with E-state index < -0.39 is 0 Å². The summed E-state index contributed by atoms with van der Waals surface area (Å²) >= 11 is 6.00. The van der Waals surface area contributed by atoms with Crippen LogP contribution in [0.2, 0.25) is 5.02 Å². The second-order valence-corrected chi connectivity index (χ2v) is 6.25. The third kappa shape index (κ3) is 3.08. The number of hydrogen-bond acceptors (Lipinski definition) is 3. The predicted molar refractivity (Wildman–Crippen MR) is 96.7 cm³/mol. The molecule has 0 radical (unpaired) electrons. The molecule has 0 saturated heterocycles. The van der Waals surface area contributed by atoms with Crippen LogP contribution in [0.15, 0.2) is 82.5 Å². The molecule has 4 nitrogen and oxygen atoms in total. The molecule has 0 saturated carbocycles. The van der Waals surface area contributed by atoms with Gasteiger partial charge in [0.15, 0.2) is 0 Å². The lowest BCUT2D eigenvalue weighted by molar-refractivity contribution is 0.0711. The monoisotopic (exact) mass is 350 g/mol. The van der Waals surface area contributed by atoms with Crippen LogP contribution in [-0.2, 0) is 0 Å². The van der Waals surface area contributed by atoms with Gasteiger partial charge in [-0.1, -0.05) is 41.9 Å². The minimum absolute atomic E-state index is 0.137. The third-order valence-corrected chi connectivity index (χ3v) is 4.45. The van der Waals surface area contributed by atoms with Gasteiger partial charge in [0, 0.05) is 17.0 Å². The highest BCUT2D eigenvalue weighted by Gasteiger charge is 2.34. The minimum atomic E-state index is -0.190. The van der Waals surface area contributed by atoms with Crippen LogP contribution in [0.1, 0.15) is 34.1 Å². The Labute approximate surface area is 150 Å². The lowest BCUT2D eigenvalue weighted by atomic mass is 10.0. The van der Waals surface area contributed by atoms with E-state index in [4.69, 9.17) is 16.0 Å². The van der Waals surface area contributed by atoms with Crippen LogP contribution in [0.5, 0.6) is 0 Å². The number of carbonyl (C=O) groups excluding carboxylic acids is 1. The molecule has 4 rings (SSSR count). The molecule has 2 aromatic carbocycles. The van der Waals surface area contributed by atoms with Crippen LogP contribution in [0.3, 0.4) is 0 Å². The van der Waals surface area contributed by atoms with Crippen LogP contribution in [0.4, 0.5) is 0 Å². The van der Waals surface area contributed by atoms with Crippen molar-refractivity contribution in [3.05, 3.63) is 94.9 Å². The Morgan fingerprint density at radius 2 is 1.80 bits per heavy atom. The number of rotatable bonds is 3. The van der Waals surface area contributed by atoms with Crippen LogP contribution in [-0.4, -0.2) is 16.6 Å². The van der Waals surface area contributed by atoms with Gasteiger partial charge in [-0.15, -0.1) is 0 Å². The Balaban J connectivity index is 1.72. The lowest BCUT2D eigenvalue weighted by Gasteiger charge is -2.22. The number of hydrogen-bond donors (Lipinski definition) is 0. The second kappa shape index (κ2) is 6.57. The van der Waals surface area contributed by atoms with E-state index in [2.05, 4.69) is 5.10 Å². The van der Waals surface area contributed by atoms with Crippen LogP contribution in [0, 0.1) is 0 Å². The highest BCUT2D eigenvalue weighted by molar-refractivity contribution is 6.30. The largest absolute Gasteiger partial charge is 0.463 e. The SMILES string of the molecule is O=C(c1ccccc1)N1N=C(c2ccco2)C[C@@H]1c1ccc(Cl)cc1. The average molecular weight is 351 g/mol. The number of furan rings is 1. The predicted octanol–water partition coefficient (Wildman–Crippen LogP) is 4.92. The van der Waals surface area contributed by atoms with E-state index in [-0.39, 0.29) is 11.9 Å². The quantitative estimate of drug-likeness (QED) is 0.672. The maximum Gasteiger partial charge on any atom is 0.274 e. The maximum absolute atomic E-state index is 13.0. The summed E-state index contributed by atoms with van der Waals surface area (Å²) in [7, 11) is 0. The van der Waals surface area contributed by atoms with Gasteiger partial charge in [-0.05, 0) is 42.0 Å². The summed E-state index contributed by atoms with van der Waals surface area (Å²) in [6.07, 6.45) is 2.20. The standard InChI is InChI=1S/C20H15ClN2O2/c21-16-10-8-14(9-11-16)18-13-17(19-7-4-12-25-19)22-23(18)20(24)15-5-2-1-3-6-15/h1-12,18H,13H2/t18-/m1/s1. The molecule has 25 heavy (non-hydrogen) atoms. The van der Waals surface area contributed by atoms with Crippen molar-refractivity contribution in [3.8, 4) is 0 Å². The number of amides is 1. The number of nitrogens with zero attached hydrogens (tertiary/aromatic N) is 2. The highest BCUT2D eigenvalue weighted by atomic mass is 35.5. The Bertz CT molecular complexity index is 903. The van der Waals surface area contributed by atoms with Crippen LogP contribution >= 0.6 is 11.6 Å². The number of halogens is 1. The zero-order valence-corrected chi connectivity index (χ0v) is 14.1. The lowest BCUT2D eigenvalue weighted by Crippen LogP contribution is -2.27. The van der Waals surface area contributed by atoms with Gasteiger partial charge < -0.3 is 4.42 Å². The molecular weight excluding hydrogens is 336 g/mol. The molecule has 0 unspecified atom stereocenters. The van der Waals surface area contributed by atoms with E-state index in [0.29, 0.717) is 22.8 Å². The van der Waals surface area contributed by atoms with Crippen molar-refractivity contribution in [2.45, 2.75) is 12.5 Å². The Hall–Kier alpha value is -2.85. The summed E-state index contributed by atoms with van der Waals surface area (Å²) in [5.41, 5.74) is 2.35. The van der Waals surface area contributed by atoms with Crippen LogP contribution < -0.4 is 0 Å². The summed E-state index contributed by atoms with van der Waals surface area (Å²) in [5, 5.41) is 6.76. The van der Waals surface area contributed by atoms with Crippen molar-refractivity contribution in [2.75, 3.05) is 0 Å². The van der Waals surface area contributed by atoms with E-state index in [0.717, 1.165) is 11.3 Å². The molecule has 0 bridgehead atoms. The molecule has 0 spiro atoms. The van der Waals surface area contributed by atoms with Crippen molar-refractivity contribution in [2.24, 2.45) is 5.10 Å². The number of benzene rings is 2. The fourth-order valence-corrected chi connectivity index (χ4v) is 3.07. The minimum Gasteiger partial charge on any atom is -0.463 e. The number of carbonyl (C=O) groups is 1. The van der Waals surface area contributed by atoms with Gasteiger partial charge in [0.05, 0.1) is 12.3 Å². The molecule has 2 heterocycles. The van der Waals surface area contributed by atoms with Gasteiger partial charge in [0.25, 0.3) is 5.91 Å². The fourth-order valence-electron chi connectivity index (χ4n) is 2.95. The third-order valence-electron chi connectivity index (χ3n) is 4.20. The number of hydrazone groups is 1. The van der Waals surface area contributed by atoms with Crippen molar-refractivity contribution >= 4 is 23.2 Å². The molecule has 124 valence electrons. The fraction of sp³-hybridized carbons (Fsp3) is 0.100. The Kier molecular flexibility index (Phi) is 4.12. The van der Waals surface area contributed by atoms with Gasteiger partial charge in [0.1, 0.15) is 11.5 Å². The van der Waals surface area contributed by atoms with E-state index >= 15 is 0 Å². The Morgan fingerprint density at radius 1 is 1.04 bits per heavy atom. The van der Waals surface area contributed by atoms with Gasteiger partial charge in [0.2, 0.25) is 0 Å². The zero-order chi connectivity index (χ0) is 17.2. The summed E-state index contributed by atoms with van der Waals surface area (Å²) in [6, 6.07) is 20.2. The first-order valence-electron chi connectivity index (χ1n) is 7.98. The first-order chi connectivity index (χ1) is 12.2. The molecule has 1 aliphatic rings. The van der Waals surface area contributed by atoms with Crippen LogP contribution in [0.25, 0.3) is 0 Å². The van der Waals surface area contributed by atoms with E-state index in [1.54, 1.807) is 18.4 Å². The maximum atomic E-state index is 13.0. The molecule has 0 aliphatic carbocycles. The van der Waals surface area contributed by atoms with Crippen molar-refractivity contribution in [1.82, 2.24) is 5.01 Å². The van der Waals surface area contributed by atoms with E-state index in [1.165, 1.54) is 5.01 Å². The normalized spacial score (nSPS) is 16.8. The summed E-state index contributed by atoms with van der Waals surface area (Å²) in [6.45, 7) is 0. The topological polar surface area (TPSA) is 45.8 Å². The molecule has 0 fully saturated rings. The van der Waals surface area contributed by atoms with E-state index in [9.17, 15) is 4.79 Å². The molecule has 3 aromatic rings. The molecule has 1 aromatic heterocycles. The second-order valence-electron chi connectivity index (χ2n) is 5.81. The average Bonchev–Trinajstić information content (AvgIpc) is 3.32. The smallest absolute Gasteiger partial charge is 0.274 e. The molecular formula is C20H15ClN2O2. The first kappa shape index (κ1) is 15.7. The van der Waals surface area contributed by atoms with Crippen molar-refractivity contribution < 1.29 is 9.21 Å². The van der Waals surface area contributed by atoms with Crippen molar-refractivity contribution in [1.29, 1.82) is 0 Å². The summed E-state index contributed by atoms with van der Waals surface area (Å²) in [5.74, 6) is 0.546. The highest BCUT2D eigenvalue weighted by Crippen LogP contribution is 2.34. The van der Waals surface area contributed by atoms with Gasteiger partial charge >= 0.3 is 0 Å². The Morgan fingerprint density at radius 3 is 2.48 bits per heavy atom. The molecule has 5 heteroatoms. The van der Waals surface area contributed by atoms with Gasteiger partial charge in [-0.3, -0.25) is 4.79 Å². The summed E-state index contributed by atoms with van der Waals surface area (Å²) < 4.78 is 5.46. The molecule has 1 amide bonds. The first-order valence-corrected chi connectivity index (χ1v) is 8.35. The van der Waals surface area contributed by atoms with E-state index in [1.807, 2.05) is 54.6 Å². The molecule has 1 aliphatic heterocycles. The zero-order valence-electron chi connectivity index (χ0n) is 13.3. The summed E-state index contributed by atoms with van der Waals surface area (Å²) in [4.78, 5) is 13.0. The van der Waals surface area contributed by atoms with Gasteiger partial charge in [-0.2, -0.15) is 5.10 Å². The molecule has 1 atom stereocenters.